The minimum Gasteiger partial charge on any atom is -0.489 e. The zero-order valence-electron chi connectivity index (χ0n) is 18.4. The first-order valence-corrected chi connectivity index (χ1v) is 12.2. The molecule has 4 rings (SSSR count). The van der Waals surface area contributed by atoms with Crippen molar-refractivity contribution in [2.75, 3.05) is 6.54 Å². The van der Waals surface area contributed by atoms with Gasteiger partial charge in [-0.1, -0.05) is 18.2 Å². The highest BCUT2D eigenvalue weighted by molar-refractivity contribution is 7.89. The number of hydrogen-bond acceptors (Lipinski definition) is 6. The molecule has 1 aliphatic rings. The normalized spacial score (nSPS) is 16.8. The summed E-state index contributed by atoms with van der Waals surface area (Å²) in [7, 11) is -3.91. The van der Waals surface area contributed by atoms with Crippen LogP contribution in [-0.2, 0) is 34.1 Å². The summed E-state index contributed by atoms with van der Waals surface area (Å²) >= 11 is 0. The van der Waals surface area contributed by atoms with Gasteiger partial charge < -0.3 is 14.5 Å². The molecule has 1 fully saturated rings. The Morgan fingerprint density at radius 2 is 2.00 bits per heavy atom. The molecule has 35 heavy (non-hydrogen) atoms. The van der Waals surface area contributed by atoms with Crippen LogP contribution >= 0.6 is 0 Å². The molecule has 1 amide bonds. The zero-order valence-corrected chi connectivity index (χ0v) is 19.2. The van der Waals surface area contributed by atoms with Crippen LogP contribution in [0.15, 0.2) is 70.5 Å². The van der Waals surface area contributed by atoms with Gasteiger partial charge in [-0.25, -0.2) is 8.42 Å². The standard InChI is InChI=1S/C23H22F3N3O5S/c24-23(25,26)20-9-8-17(14-27-20)15-34-18-5-1-4-16(12-18)13-28-22(30)19-6-2-10-29(19)35(31,32)21-7-3-11-33-21/h1,3-5,7-9,11-12,14,19H,2,6,10,13,15H2,(H,28,30)/t19-/m0/s1. The number of sulfonamides is 1. The molecule has 0 saturated carbocycles. The molecule has 0 bridgehead atoms. The van der Waals surface area contributed by atoms with E-state index in [9.17, 15) is 26.4 Å². The minimum atomic E-state index is -4.50. The Hall–Kier alpha value is -3.38. The molecule has 2 aromatic heterocycles. The van der Waals surface area contributed by atoms with Gasteiger partial charge in [-0.15, -0.1) is 0 Å². The molecule has 1 N–H and O–H groups in total. The number of benzene rings is 1. The molecule has 0 aliphatic carbocycles. The summed E-state index contributed by atoms with van der Waals surface area (Å²) in [6.07, 6.45) is -1.18. The summed E-state index contributed by atoms with van der Waals surface area (Å²) in [5.74, 6) is 0.0410. The number of nitrogens with zero attached hydrogens (tertiary/aromatic N) is 2. The van der Waals surface area contributed by atoms with E-state index < -0.39 is 33.8 Å². The van der Waals surface area contributed by atoms with Crippen molar-refractivity contribution < 1.29 is 35.5 Å². The number of rotatable bonds is 8. The van der Waals surface area contributed by atoms with E-state index in [1.807, 2.05) is 0 Å². The predicted octanol–water partition coefficient (Wildman–Crippen LogP) is 3.74. The van der Waals surface area contributed by atoms with Crippen molar-refractivity contribution >= 4 is 15.9 Å². The fourth-order valence-corrected chi connectivity index (χ4v) is 5.28. The van der Waals surface area contributed by atoms with Crippen LogP contribution in [0.4, 0.5) is 13.2 Å². The van der Waals surface area contributed by atoms with Gasteiger partial charge in [0.15, 0.2) is 0 Å². The largest absolute Gasteiger partial charge is 0.489 e. The van der Waals surface area contributed by atoms with Gasteiger partial charge in [-0.2, -0.15) is 17.5 Å². The van der Waals surface area contributed by atoms with E-state index in [0.29, 0.717) is 29.7 Å². The SMILES string of the molecule is O=C(NCc1cccc(OCc2ccc(C(F)(F)F)nc2)c1)[C@@H]1CCCN1S(=O)(=O)c1ccco1. The van der Waals surface area contributed by atoms with E-state index >= 15 is 0 Å². The molecule has 1 atom stereocenters. The Labute approximate surface area is 199 Å². The molecule has 1 saturated heterocycles. The number of ether oxygens (including phenoxy) is 1. The minimum absolute atomic E-state index is 0.0165. The van der Waals surface area contributed by atoms with Crippen LogP contribution in [0.1, 0.15) is 29.7 Å². The molecule has 3 aromatic rings. The van der Waals surface area contributed by atoms with Gasteiger partial charge in [0.1, 0.15) is 24.1 Å². The lowest BCUT2D eigenvalue weighted by atomic mass is 10.2. The maximum atomic E-state index is 12.8. The number of furan rings is 1. The first-order chi connectivity index (χ1) is 16.6. The Kier molecular flexibility index (Phi) is 7.13. The number of carbonyl (C=O) groups is 1. The molecule has 3 heterocycles. The number of hydrogen-bond donors (Lipinski definition) is 1. The molecular weight excluding hydrogens is 487 g/mol. The molecule has 12 heteroatoms. The van der Waals surface area contributed by atoms with Crippen LogP contribution in [0.2, 0.25) is 0 Å². The average molecular weight is 510 g/mol. The van der Waals surface area contributed by atoms with Gasteiger partial charge in [0.25, 0.3) is 10.0 Å². The summed E-state index contributed by atoms with van der Waals surface area (Å²) in [4.78, 5) is 16.2. The maximum Gasteiger partial charge on any atom is 0.433 e. The highest BCUT2D eigenvalue weighted by Gasteiger charge is 2.40. The summed E-state index contributed by atoms with van der Waals surface area (Å²) in [5.41, 5.74) is 0.201. The summed E-state index contributed by atoms with van der Waals surface area (Å²) in [5, 5.41) is 2.56. The van der Waals surface area contributed by atoms with Gasteiger partial charge in [0.2, 0.25) is 11.0 Å². The Bertz CT molecular complexity index is 1260. The fraction of sp³-hybridized carbons (Fsp3) is 0.304. The van der Waals surface area contributed by atoms with E-state index in [0.717, 1.165) is 16.6 Å². The third-order valence-electron chi connectivity index (χ3n) is 5.45. The lowest BCUT2D eigenvalue weighted by molar-refractivity contribution is -0.141. The third kappa shape index (κ3) is 5.82. The number of halogens is 3. The number of nitrogens with one attached hydrogen (secondary N) is 1. The van der Waals surface area contributed by atoms with Crippen LogP contribution in [0, 0.1) is 0 Å². The van der Waals surface area contributed by atoms with E-state index in [1.165, 1.54) is 24.5 Å². The molecule has 1 aliphatic heterocycles. The average Bonchev–Trinajstić information content (AvgIpc) is 3.54. The first kappa shape index (κ1) is 24.7. The van der Waals surface area contributed by atoms with Crippen LogP contribution < -0.4 is 10.1 Å². The lowest BCUT2D eigenvalue weighted by Crippen LogP contribution is -2.45. The Morgan fingerprint density at radius 3 is 2.69 bits per heavy atom. The van der Waals surface area contributed by atoms with Gasteiger partial charge in [0.05, 0.1) is 6.26 Å². The van der Waals surface area contributed by atoms with Gasteiger partial charge in [0, 0.05) is 24.8 Å². The zero-order chi connectivity index (χ0) is 25.1. The van der Waals surface area contributed by atoms with E-state index in [-0.39, 0.29) is 24.8 Å². The Balaban J connectivity index is 1.33. The van der Waals surface area contributed by atoms with Crippen LogP contribution in [0.5, 0.6) is 5.75 Å². The van der Waals surface area contributed by atoms with E-state index in [1.54, 1.807) is 24.3 Å². The molecule has 0 spiro atoms. The second kappa shape index (κ2) is 10.1. The second-order valence-corrected chi connectivity index (χ2v) is 9.73. The van der Waals surface area contributed by atoms with Crippen molar-refractivity contribution in [3.05, 3.63) is 77.8 Å². The number of carbonyl (C=O) groups excluding carboxylic acids is 1. The number of aromatic nitrogens is 1. The molecular formula is C23H22F3N3O5S. The summed E-state index contributed by atoms with van der Waals surface area (Å²) in [6.45, 7) is 0.384. The maximum absolute atomic E-state index is 12.8. The number of amides is 1. The van der Waals surface area contributed by atoms with Crippen molar-refractivity contribution in [2.45, 2.75) is 43.3 Å². The van der Waals surface area contributed by atoms with Gasteiger partial charge in [-0.3, -0.25) is 9.78 Å². The smallest absolute Gasteiger partial charge is 0.433 e. The fourth-order valence-electron chi connectivity index (χ4n) is 3.71. The Morgan fingerprint density at radius 1 is 1.17 bits per heavy atom. The van der Waals surface area contributed by atoms with Crippen LogP contribution in [0.3, 0.4) is 0 Å². The highest BCUT2D eigenvalue weighted by atomic mass is 32.2. The topological polar surface area (TPSA) is 102 Å². The monoisotopic (exact) mass is 509 g/mol. The van der Waals surface area contributed by atoms with Crippen molar-refractivity contribution in [3.8, 4) is 5.75 Å². The number of alkyl halides is 3. The summed E-state index contributed by atoms with van der Waals surface area (Å²) < 4.78 is 75.2. The van der Waals surface area contributed by atoms with Gasteiger partial charge in [-0.05, 0) is 48.7 Å². The quantitative estimate of drug-likeness (QED) is 0.497. The van der Waals surface area contributed by atoms with Crippen molar-refractivity contribution in [1.82, 2.24) is 14.6 Å². The molecule has 8 nitrogen and oxygen atoms in total. The van der Waals surface area contributed by atoms with Gasteiger partial charge >= 0.3 is 6.18 Å². The predicted molar refractivity (Wildman–Crippen MR) is 117 cm³/mol. The lowest BCUT2D eigenvalue weighted by Gasteiger charge is -2.22. The van der Waals surface area contributed by atoms with Crippen LogP contribution in [-0.4, -0.2) is 36.2 Å². The molecule has 0 radical (unpaired) electrons. The molecule has 186 valence electrons. The molecule has 0 unspecified atom stereocenters. The van der Waals surface area contributed by atoms with Crippen molar-refractivity contribution in [2.24, 2.45) is 0 Å². The van der Waals surface area contributed by atoms with E-state index in [2.05, 4.69) is 10.3 Å². The van der Waals surface area contributed by atoms with Crippen molar-refractivity contribution in [3.63, 3.8) is 0 Å². The van der Waals surface area contributed by atoms with Crippen LogP contribution in [0.25, 0.3) is 0 Å². The first-order valence-electron chi connectivity index (χ1n) is 10.7. The number of pyridine rings is 1. The highest BCUT2D eigenvalue weighted by Crippen LogP contribution is 2.28. The second-order valence-electron chi connectivity index (χ2n) is 7.91. The third-order valence-corrected chi connectivity index (χ3v) is 7.25. The summed E-state index contributed by atoms with van der Waals surface area (Å²) in [6, 6.07) is 11.0. The van der Waals surface area contributed by atoms with Crippen molar-refractivity contribution in [1.29, 1.82) is 0 Å². The molecule has 1 aromatic carbocycles. The van der Waals surface area contributed by atoms with E-state index in [4.69, 9.17) is 9.15 Å².